The van der Waals surface area contributed by atoms with Crippen LogP contribution in [0.1, 0.15) is 26.2 Å². The van der Waals surface area contributed by atoms with Gasteiger partial charge in [-0.05, 0) is 43.5 Å². The Morgan fingerprint density at radius 1 is 1.50 bits per heavy atom. The highest BCUT2D eigenvalue weighted by molar-refractivity contribution is 6.13. The lowest BCUT2D eigenvalue weighted by atomic mass is 9.89. The van der Waals surface area contributed by atoms with Gasteiger partial charge in [-0.15, -0.1) is 0 Å². The van der Waals surface area contributed by atoms with E-state index < -0.39 is 0 Å². The second-order valence-electron chi connectivity index (χ2n) is 4.54. The highest BCUT2D eigenvalue weighted by Gasteiger charge is 2.22. The number of rotatable bonds is 1. The topological polar surface area (TPSA) is 15.3 Å². The van der Waals surface area contributed by atoms with Crippen LogP contribution in [0.2, 0.25) is 0 Å². The molecule has 80 valence electrons. The zero-order chi connectivity index (χ0) is 9.97. The molecule has 3 heteroatoms. The Hall–Kier alpha value is -0.0500. The smallest absolute Gasteiger partial charge is 0.0323 e. The summed E-state index contributed by atoms with van der Waals surface area (Å²) in [6.45, 7) is 5.40. The maximum atomic E-state index is 5.91. The summed E-state index contributed by atoms with van der Waals surface area (Å²) < 4.78 is 1.86. The van der Waals surface area contributed by atoms with Crippen LogP contribution >= 0.6 is 11.8 Å². The molecule has 2 atom stereocenters. The quantitative estimate of drug-likeness (QED) is 0.532. The van der Waals surface area contributed by atoms with Crippen molar-refractivity contribution >= 4 is 11.8 Å². The highest BCUT2D eigenvalue weighted by Crippen LogP contribution is 2.23. The first-order valence-corrected chi connectivity index (χ1v) is 5.92. The second kappa shape index (κ2) is 4.65. The maximum Gasteiger partial charge on any atom is 0.0323 e. The monoisotopic (exact) mass is 214 g/mol. The van der Waals surface area contributed by atoms with E-state index in [1.54, 1.807) is 5.57 Å². The van der Waals surface area contributed by atoms with Gasteiger partial charge in [-0.1, -0.05) is 18.6 Å². The van der Waals surface area contributed by atoms with Crippen molar-refractivity contribution in [3.05, 3.63) is 11.6 Å². The van der Waals surface area contributed by atoms with Gasteiger partial charge in [0.05, 0.1) is 0 Å². The predicted octanol–water partition coefficient (Wildman–Crippen LogP) is 2.16. The molecule has 0 aromatic carbocycles. The van der Waals surface area contributed by atoms with Crippen LogP contribution in [0, 0.1) is 5.92 Å². The molecule has 0 amide bonds. The Kier molecular flexibility index (Phi) is 3.47. The Morgan fingerprint density at radius 3 is 2.93 bits per heavy atom. The van der Waals surface area contributed by atoms with Crippen molar-refractivity contribution < 1.29 is 0 Å². The molecular weight excluding hydrogens is 196 g/mol. The van der Waals surface area contributed by atoms with Crippen molar-refractivity contribution in [2.75, 3.05) is 19.6 Å². The summed E-state index contributed by atoms with van der Waals surface area (Å²) in [5.41, 5.74) is 1.58. The Morgan fingerprint density at radius 2 is 2.36 bits per heavy atom. The molecule has 1 N–H and O–H groups in total. The minimum absolute atomic E-state index is 0.636. The summed E-state index contributed by atoms with van der Waals surface area (Å²) in [6, 6.07) is 0.636. The molecule has 14 heavy (non-hydrogen) atoms. The Labute approximate surface area is 91.4 Å². The van der Waals surface area contributed by atoms with Crippen molar-refractivity contribution in [2.45, 2.75) is 32.2 Å². The minimum atomic E-state index is 0.636. The van der Waals surface area contributed by atoms with Gasteiger partial charge in [0.25, 0.3) is 0 Å². The van der Waals surface area contributed by atoms with Crippen LogP contribution < -0.4 is 5.32 Å². The average Bonchev–Trinajstić information content (AvgIpc) is 2.21. The molecule has 0 saturated carbocycles. The number of hydrogen-bond acceptors (Lipinski definition) is 2. The number of hydrogen-bond donors (Lipinski definition) is 1. The summed E-state index contributed by atoms with van der Waals surface area (Å²) in [5, 5.41) is 3.62. The fourth-order valence-electron chi connectivity index (χ4n) is 2.29. The van der Waals surface area contributed by atoms with Crippen LogP contribution in [0.25, 0.3) is 0 Å². The molecule has 2 aliphatic heterocycles. The highest BCUT2D eigenvalue weighted by atomic mass is 35.5. The van der Waals surface area contributed by atoms with E-state index in [9.17, 15) is 0 Å². The van der Waals surface area contributed by atoms with Gasteiger partial charge >= 0.3 is 0 Å². The average molecular weight is 215 g/mol. The third-order valence-corrected chi connectivity index (χ3v) is 3.61. The van der Waals surface area contributed by atoms with Crippen molar-refractivity contribution in [3.63, 3.8) is 0 Å². The summed E-state index contributed by atoms with van der Waals surface area (Å²) >= 11 is 5.91. The molecule has 1 fully saturated rings. The van der Waals surface area contributed by atoms with Crippen LogP contribution in [0.5, 0.6) is 0 Å². The molecule has 0 bridgehead atoms. The normalized spacial score (nSPS) is 35.4. The van der Waals surface area contributed by atoms with E-state index in [2.05, 4.69) is 18.3 Å². The van der Waals surface area contributed by atoms with Crippen LogP contribution in [0.15, 0.2) is 11.6 Å². The predicted molar refractivity (Wildman–Crippen MR) is 60.3 cm³/mol. The molecule has 0 radical (unpaired) electrons. The van der Waals surface area contributed by atoms with Crippen LogP contribution in [-0.2, 0) is 0 Å². The van der Waals surface area contributed by atoms with Crippen LogP contribution in [0.4, 0.5) is 0 Å². The third-order valence-electron chi connectivity index (χ3n) is 3.30. The number of nitrogens with one attached hydrogen (secondary N) is 1. The maximum absolute atomic E-state index is 5.91. The first-order chi connectivity index (χ1) is 6.75. The van der Waals surface area contributed by atoms with E-state index in [1.807, 2.05) is 4.42 Å². The first-order valence-electron chi connectivity index (χ1n) is 5.58. The van der Waals surface area contributed by atoms with E-state index in [4.69, 9.17) is 11.8 Å². The van der Waals surface area contributed by atoms with Crippen molar-refractivity contribution in [1.29, 1.82) is 0 Å². The van der Waals surface area contributed by atoms with E-state index in [0.29, 0.717) is 6.04 Å². The van der Waals surface area contributed by atoms with Gasteiger partial charge in [-0.25, -0.2) is 4.42 Å². The molecule has 2 rings (SSSR count). The lowest BCUT2D eigenvalue weighted by Crippen LogP contribution is -2.40. The molecule has 2 nitrogen and oxygen atoms in total. The zero-order valence-corrected chi connectivity index (χ0v) is 9.56. The minimum Gasteiger partial charge on any atom is -0.310 e. The molecule has 2 heterocycles. The van der Waals surface area contributed by atoms with Gasteiger partial charge in [-0.2, -0.15) is 0 Å². The molecule has 0 aliphatic carbocycles. The third kappa shape index (κ3) is 2.50. The van der Waals surface area contributed by atoms with E-state index in [1.165, 1.54) is 19.4 Å². The number of halogens is 1. The Balaban J connectivity index is 1.89. The number of piperidine rings is 1. The largest absolute Gasteiger partial charge is 0.310 e. The molecule has 0 spiro atoms. The van der Waals surface area contributed by atoms with Crippen molar-refractivity contribution in [3.8, 4) is 0 Å². The fraction of sp³-hybridized carbons (Fsp3) is 0.818. The molecule has 1 saturated heterocycles. The molecular formula is C11H19ClN2. The van der Waals surface area contributed by atoms with E-state index in [-0.39, 0.29) is 0 Å². The zero-order valence-electron chi connectivity index (χ0n) is 8.80. The van der Waals surface area contributed by atoms with Gasteiger partial charge in [-0.3, -0.25) is 0 Å². The molecule has 0 aromatic rings. The summed E-state index contributed by atoms with van der Waals surface area (Å²) in [7, 11) is 0. The van der Waals surface area contributed by atoms with Gasteiger partial charge in [0.1, 0.15) is 0 Å². The van der Waals surface area contributed by atoms with Gasteiger partial charge < -0.3 is 5.32 Å². The lowest BCUT2D eigenvalue weighted by molar-refractivity contribution is 0.339. The SMILES string of the molecule is C[C@H]1CC[C@H](C2=CCN(Cl)CC2)NC1. The summed E-state index contributed by atoms with van der Waals surface area (Å²) in [4.78, 5) is 0. The molecule has 0 aromatic heterocycles. The summed E-state index contributed by atoms with van der Waals surface area (Å²) in [5.74, 6) is 0.847. The second-order valence-corrected chi connectivity index (χ2v) is 5.02. The molecule has 2 aliphatic rings. The standard InChI is InChI=1S/C11H19ClN2/c1-9-2-3-11(13-8-9)10-4-6-14(12)7-5-10/h4,9,11,13H,2-3,5-8H2,1H3/t9-,11+/m0/s1. The van der Waals surface area contributed by atoms with Crippen LogP contribution in [0.3, 0.4) is 0 Å². The van der Waals surface area contributed by atoms with E-state index in [0.717, 1.165) is 25.4 Å². The van der Waals surface area contributed by atoms with Crippen LogP contribution in [-0.4, -0.2) is 30.1 Å². The van der Waals surface area contributed by atoms with Crippen molar-refractivity contribution in [1.82, 2.24) is 9.74 Å². The van der Waals surface area contributed by atoms with Gasteiger partial charge in [0.15, 0.2) is 0 Å². The first kappa shape index (κ1) is 10.5. The fourth-order valence-corrected chi connectivity index (χ4v) is 2.45. The Bertz CT molecular complexity index is 219. The van der Waals surface area contributed by atoms with Crippen molar-refractivity contribution in [2.24, 2.45) is 5.92 Å². The summed E-state index contributed by atoms with van der Waals surface area (Å²) in [6.07, 6.45) is 6.09. The molecule has 0 unspecified atom stereocenters. The lowest BCUT2D eigenvalue weighted by Gasteiger charge is -2.32. The van der Waals surface area contributed by atoms with E-state index >= 15 is 0 Å². The number of nitrogens with zero attached hydrogens (tertiary/aromatic N) is 1. The van der Waals surface area contributed by atoms with Gasteiger partial charge in [0.2, 0.25) is 0 Å². The van der Waals surface area contributed by atoms with Gasteiger partial charge in [0, 0.05) is 19.1 Å².